The Morgan fingerprint density at radius 2 is 2.14 bits per heavy atom. The molecule has 1 aliphatic rings. The summed E-state index contributed by atoms with van der Waals surface area (Å²) < 4.78 is 5.19. The van der Waals surface area contributed by atoms with Crippen molar-refractivity contribution in [3.8, 4) is 5.88 Å². The van der Waals surface area contributed by atoms with Crippen molar-refractivity contribution in [1.29, 1.82) is 0 Å². The van der Waals surface area contributed by atoms with Gasteiger partial charge in [0.2, 0.25) is 11.8 Å². The molecule has 116 valence electrons. The topological polar surface area (TPSA) is 63.2 Å². The van der Waals surface area contributed by atoms with E-state index in [1.165, 1.54) is 12.0 Å². The van der Waals surface area contributed by atoms with Gasteiger partial charge in [-0.2, -0.15) is 0 Å². The van der Waals surface area contributed by atoms with Gasteiger partial charge in [0, 0.05) is 43.8 Å². The predicted octanol–water partition coefficient (Wildman–Crippen LogP) is 1.96. The standard InChI is InChI=1S/C16H21N5O/c1-22-15-10-13(5-8-17-15)11-21-9-2-4-14(12-21)20-16-18-6-3-7-19-16/h3,5-8,10,14H,2,4,9,11-12H2,1H3,(H,18,19,20). The first-order valence-electron chi connectivity index (χ1n) is 7.58. The number of methoxy groups -OCH3 is 1. The molecule has 1 aliphatic heterocycles. The third-order valence-electron chi connectivity index (χ3n) is 3.82. The van der Waals surface area contributed by atoms with E-state index in [9.17, 15) is 0 Å². The number of nitrogens with one attached hydrogen (secondary N) is 1. The molecule has 0 saturated carbocycles. The average molecular weight is 299 g/mol. The number of anilines is 1. The minimum atomic E-state index is 0.389. The van der Waals surface area contributed by atoms with Gasteiger partial charge >= 0.3 is 0 Å². The van der Waals surface area contributed by atoms with Crippen molar-refractivity contribution >= 4 is 5.95 Å². The normalized spacial score (nSPS) is 18.9. The van der Waals surface area contributed by atoms with Crippen molar-refractivity contribution in [1.82, 2.24) is 19.9 Å². The molecule has 0 radical (unpaired) electrons. The second-order valence-electron chi connectivity index (χ2n) is 5.50. The first kappa shape index (κ1) is 14.7. The molecular formula is C16H21N5O. The highest BCUT2D eigenvalue weighted by Crippen LogP contribution is 2.17. The number of hydrogen-bond donors (Lipinski definition) is 1. The fraction of sp³-hybridized carbons (Fsp3) is 0.438. The van der Waals surface area contributed by atoms with E-state index in [2.05, 4.69) is 25.2 Å². The molecule has 3 rings (SSSR count). The van der Waals surface area contributed by atoms with Crippen LogP contribution in [0.4, 0.5) is 5.95 Å². The second-order valence-corrected chi connectivity index (χ2v) is 5.50. The van der Waals surface area contributed by atoms with E-state index < -0.39 is 0 Å². The number of ether oxygens (including phenoxy) is 1. The predicted molar refractivity (Wildman–Crippen MR) is 84.7 cm³/mol. The Kier molecular flexibility index (Phi) is 4.80. The Morgan fingerprint density at radius 3 is 2.95 bits per heavy atom. The van der Waals surface area contributed by atoms with Gasteiger partial charge in [0.15, 0.2) is 0 Å². The van der Waals surface area contributed by atoms with Crippen molar-refractivity contribution in [3.63, 3.8) is 0 Å². The Bertz CT molecular complexity index is 592. The summed E-state index contributed by atoms with van der Waals surface area (Å²) >= 11 is 0. The van der Waals surface area contributed by atoms with E-state index in [1.807, 2.05) is 18.2 Å². The van der Waals surface area contributed by atoms with E-state index >= 15 is 0 Å². The lowest BCUT2D eigenvalue weighted by molar-refractivity contribution is 0.208. The molecule has 2 aromatic rings. The molecular weight excluding hydrogens is 278 g/mol. The van der Waals surface area contributed by atoms with E-state index in [1.54, 1.807) is 25.7 Å². The van der Waals surface area contributed by atoms with E-state index in [0.29, 0.717) is 17.9 Å². The summed E-state index contributed by atoms with van der Waals surface area (Å²) in [5.41, 5.74) is 1.23. The van der Waals surface area contributed by atoms with Crippen molar-refractivity contribution in [2.45, 2.75) is 25.4 Å². The van der Waals surface area contributed by atoms with Crippen LogP contribution < -0.4 is 10.1 Å². The van der Waals surface area contributed by atoms with Crippen LogP contribution in [0.5, 0.6) is 5.88 Å². The molecule has 6 nitrogen and oxygen atoms in total. The summed E-state index contributed by atoms with van der Waals surface area (Å²) in [6, 6.07) is 6.26. The molecule has 0 amide bonds. The zero-order valence-corrected chi connectivity index (χ0v) is 12.8. The number of rotatable bonds is 5. The lowest BCUT2D eigenvalue weighted by atomic mass is 10.1. The Balaban J connectivity index is 1.58. The van der Waals surface area contributed by atoms with Gasteiger partial charge < -0.3 is 10.1 Å². The molecule has 3 heterocycles. The summed E-state index contributed by atoms with van der Waals surface area (Å²) in [7, 11) is 1.65. The second kappa shape index (κ2) is 7.17. The largest absolute Gasteiger partial charge is 0.481 e. The molecule has 1 saturated heterocycles. The van der Waals surface area contributed by atoms with Crippen LogP contribution in [-0.4, -0.2) is 46.1 Å². The van der Waals surface area contributed by atoms with Crippen LogP contribution in [0.15, 0.2) is 36.8 Å². The summed E-state index contributed by atoms with van der Waals surface area (Å²) in [5, 5.41) is 3.42. The first-order chi connectivity index (χ1) is 10.8. The molecule has 1 fully saturated rings. The van der Waals surface area contributed by atoms with Gasteiger partial charge in [-0.1, -0.05) is 0 Å². The van der Waals surface area contributed by atoms with Crippen molar-refractivity contribution in [2.24, 2.45) is 0 Å². The number of piperidine rings is 1. The maximum Gasteiger partial charge on any atom is 0.222 e. The number of hydrogen-bond acceptors (Lipinski definition) is 6. The molecule has 1 N–H and O–H groups in total. The molecule has 0 bridgehead atoms. The van der Waals surface area contributed by atoms with E-state index in [-0.39, 0.29) is 0 Å². The van der Waals surface area contributed by atoms with Crippen molar-refractivity contribution < 1.29 is 4.74 Å². The lowest BCUT2D eigenvalue weighted by Crippen LogP contribution is -2.41. The molecule has 22 heavy (non-hydrogen) atoms. The van der Waals surface area contributed by atoms with Gasteiger partial charge in [-0.15, -0.1) is 0 Å². The third-order valence-corrected chi connectivity index (χ3v) is 3.82. The molecule has 0 aromatic carbocycles. The zero-order valence-electron chi connectivity index (χ0n) is 12.8. The maximum atomic E-state index is 5.19. The van der Waals surface area contributed by atoms with Crippen LogP contribution in [0.25, 0.3) is 0 Å². The van der Waals surface area contributed by atoms with Gasteiger partial charge in [0.1, 0.15) is 0 Å². The minimum absolute atomic E-state index is 0.389. The van der Waals surface area contributed by atoms with Crippen LogP contribution in [0.3, 0.4) is 0 Å². The van der Waals surface area contributed by atoms with Crippen LogP contribution >= 0.6 is 0 Å². The quantitative estimate of drug-likeness (QED) is 0.910. The monoisotopic (exact) mass is 299 g/mol. The Labute approximate surface area is 130 Å². The smallest absolute Gasteiger partial charge is 0.222 e. The number of pyridine rings is 1. The van der Waals surface area contributed by atoms with Crippen molar-refractivity contribution in [3.05, 3.63) is 42.4 Å². The highest BCUT2D eigenvalue weighted by molar-refractivity contribution is 5.25. The number of aromatic nitrogens is 3. The van der Waals surface area contributed by atoms with Crippen LogP contribution in [0, 0.1) is 0 Å². The molecule has 6 heteroatoms. The highest BCUT2D eigenvalue weighted by atomic mass is 16.5. The van der Waals surface area contributed by atoms with Gasteiger partial charge in [0.25, 0.3) is 0 Å². The lowest BCUT2D eigenvalue weighted by Gasteiger charge is -2.33. The summed E-state index contributed by atoms with van der Waals surface area (Å²) in [5.74, 6) is 1.38. The van der Waals surface area contributed by atoms with Crippen LogP contribution in [0.1, 0.15) is 18.4 Å². The molecule has 0 spiro atoms. The average Bonchev–Trinajstić information content (AvgIpc) is 2.56. The zero-order chi connectivity index (χ0) is 15.2. The maximum absolute atomic E-state index is 5.19. The third kappa shape index (κ3) is 3.92. The summed E-state index contributed by atoms with van der Waals surface area (Å²) in [6.07, 6.45) is 7.64. The molecule has 1 atom stereocenters. The van der Waals surface area contributed by atoms with Gasteiger partial charge in [0.05, 0.1) is 7.11 Å². The molecule has 1 unspecified atom stereocenters. The van der Waals surface area contributed by atoms with E-state index in [4.69, 9.17) is 4.74 Å². The summed E-state index contributed by atoms with van der Waals surface area (Å²) in [4.78, 5) is 15.1. The highest BCUT2D eigenvalue weighted by Gasteiger charge is 2.20. The van der Waals surface area contributed by atoms with Crippen LogP contribution in [0.2, 0.25) is 0 Å². The number of likely N-dealkylation sites (tertiary alicyclic amines) is 1. The van der Waals surface area contributed by atoms with Gasteiger partial charge in [-0.25, -0.2) is 15.0 Å². The summed E-state index contributed by atoms with van der Waals surface area (Å²) in [6.45, 7) is 3.01. The molecule has 0 aliphatic carbocycles. The van der Waals surface area contributed by atoms with Gasteiger partial charge in [-0.3, -0.25) is 4.90 Å². The fourth-order valence-electron chi connectivity index (χ4n) is 2.79. The Morgan fingerprint density at radius 1 is 1.27 bits per heavy atom. The Hall–Kier alpha value is -2.21. The minimum Gasteiger partial charge on any atom is -0.481 e. The first-order valence-corrected chi connectivity index (χ1v) is 7.58. The fourth-order valence-corrected chi connectivity index (χ4v) is 2.79. The molecule has 2 aromatic heterocycles. The SMILES string of the molecule is COc1cc(CN2CCCC(Nc3ncccn3)C2)ccn1. The van der Waals surface area contributed by atoms with E-state index in [0.717, 1.165) is 26.1 Å². The van der Waals surface area contributed by atoms with Gasteiger partial charge in [-0.05, 0) is 37.1 Å². The van der Waals surface area contributed by atoms with Crippen LogP contribution in [-0.2, 0) is 6.54 Å². The van der Waals surface area contributed by atoms with Crippen molar-refractivity contribution in [2.75, 3.05) is 25.5 Å². The number of nitrogens with zero attached hydrogens (tertiary/aromatic N) is 4.